The lowest BCUT2D eigenvalue weighted by molar-refractivity contribution is -0.172. The van der Waals surface area contributed by atoms with Crippen molar-refractivity contribution < 1.29 is 29.0 Å². The largest absolute Gasteiger partial charge is 0.507 e. The van der Waals surface area contributed by atoms with Gasteiger partial charge in [-0.2, -0.15) is 5.10 Å². The second-order valence-electron chi connectivity index (χ2n) is 12.8. The number of nitrogens with one attached hydrogen (secondary N) is 2. The summed E-state index contributed by atoms with van der Waals surface area (Å²) in [6, 6.07) is 18.6. The quantitative estimate of drug-likeness (QED) is 0.248. The maximum absolute atomic E-state index is 14.5. The maximum Gasteiger partial charge on any atom is 0.318 e. The summed E-state index contributed by atoms with van der Waals surface area (Å²) in [5.41, 5.74) is 2.52. The van der Waals surface area contributed by atoms with Crippen LogP contribution in [0.15, 0.2) is 79.0 Å². The highest BCUT2D eigenvalue weighted by molar-refractivity contribution is 6.31. The molecule has 13 heteroatoms. The molecular weight excluding hydrogens is 672 g/mol. The van der Waals surface area contributed by atoms with Crippen molar-refractivity contribution in [3.63, 3.8) is 0 Å². The molecule has 1 aromatic heterocycles. The number of aromatic nitrogens is 2. The van der Waals surface area contributed by atoms with E-state index in [2.05, 4.69) is 27.6 Å². The molecule has 2 atom stereocenters. The van der Waals surface area contributed by atoms with E-state index in [1.807, 2.05) is 18.2 Å². The number of nitrogens with zero attached hydrogens (tertiary/aromatic N) is 4. The number of anilines is 1. The molecule has 0 unspecified atom stereocenters. The highest BCUT2D eigenvalue weighted by Gasteiger charge is 2.57. The van der Waals surface area contributed by atoms with Crippen molar-refractivity contribution in [3.8, 4) is 28.8 Å². The average molecular weight is 709 g/mol. The van der Waals surface area contributed by atoms with E-state index in [9.17, 15) is 19.5 Å². The van der Waals surface area contributed by atoms with Crippen molar-refractivity contribution in [3.05, 3.63) is 101 Å². The van der Waals surface area contributed by atoms with Gasteiger partial charge >= 0.3 is 6.03 Å². The van der Waals surface area contributed by atoms with Gasteiger partial charge in [0.25, 0.3) is 5.91 Å². The van der Waals surface area contributed by atoms with Gasteiger partial charge in [-0.15, -0.1) is 0 Å². The van der Waals surface area contributed by atoms with Crippen LogP contribution in [0.4, 0.5) is 10.5 Å². The number of ether oxygens (including phenoxy) is 2. The third-order valence-corrected chi connectivity index (χ3v) is 9.65. The molecule has 0 bridgehead atoms. The lowest BCUT2D eigenvalue weighted by Crippen LogP contribution is -2.61. The molecule has 1 aliphatic carbocycles. The monoisotopic (exact) mass is 708 g/mol. The summed E-state index contributed by atoms with van der Waals surface area (Å²) in [5, 5.41) is 21.2. The van der Waals surface area contributed by atoms with E-state index in [4.69, 9.17) is 21.1 Å². The smallest absolute Gasteiger partial charge is 0.318 e. The molecule has 2 aliphatic heterocycles. The Morgan fingerprint density at radius 3 is 2.47 bits per heavy atom. The highest BCUT2D eigenvalue weighted by atomic mass is 35.5. The molecule has 2 saturated heterocycles. The van der Waals surface area contributed by atoms with Crippen LogP contribution in [-0.4, -0.2) is 87.2 Å². The van der Waals surface area contributed by atoms with E-state index >= 15 is 0 Å². The summed E-state index contributed by atoms with van der Waals surface area (Å²) >= 11 is 6.16. The minimum absolute atomic E-state index is 0.0374. The Morgan fingerprint density at radius 1 is 1.02 bits per heavy atom. The zero-order valence-corrected chi connectivity index (χ0v) is 28.7. The minimum Gasteiger partial charge on any atom is -0.507 e. The Hall–Kier alpha value is -5.35. The molecule has 7 rings (SSSR count). The number of rotatable bonds is 6. The standard InChI is InChI=1S/C38H37ClN6O6/c1-43-23-27(33(42-43)30-22-28(39)12-15-32(30)46)11-8-25-9-13-29(14-10-25)40-35(47)31-24-51-38(16-5-17-38)45(31)36(48)34(26-6-3-2-4-7-26)41-37(49)44-18-20-50-21-19-44/h2-4,6-7,9-10,12-15,22-23,31,34,46H,5,16-21,24H2,1H3,(H,40,47)(H,41,49)/t31-,34+/m0/s1. The SMILES string of the molecule is Cn1cc(C#Cc2ccc(NC(=O)[C@@H]3COC4(CCC4)N3C(=O)[C@H](NC(=O)N3CCOCC3)c3ccccc3)cc2)c(-c2cc(Cl)ccc2O)n1. The number of carbonyl (C=O) groups excluding carboxylic acids is 3. The maximum atomic E-state index is 14.5. The number of phenols is 1. The van der Waals surface area contributed by atoms with Gasteiger partial charge in [0.15, 0.2) is 0 Å². The third kappa shape index (κ3) is 7.14. The zero-order valence-electron chi connectivity index (χ0n) is 28.0. The molecule has 12 nitrogen and oxygen atoms in total. The summed E-state index contributed by atoms with van der Waals surface area (Å²) < 4.78 is 13.2. The summed E-state index contributed by atoms with van der Waals surface area (Å²) in [4.78, 5) is 44.8. The molecule has 4 aromatic rings. The van der Waals surface area contributed by atoms with E-state index in [-0.39, 0.29) is 18.4 Å². The van der Waals surface area contributed by atoms with Crippen LogP contribution in [-0.2, 0) is 26.1 Å². The predicted molar refractivity (Wildman–Crippen MR) is 190 cm³/mol. The van der Waals surface area contributed by atoms with Gasteiger partial charge in [-0.3, -0.25) is 19.2 Å². The fraction of sp³-hybridized carbons (Fsp3) is 0.316. The average Bonchev–Trinajstić information content (AvgIpc) is 3.73. The van der Waals surface area contributed by atoms with Crippen LogP contribution in [0.1, 0.15) is 42.0 Å². The number of phenolic OH excluding ortho intramolecular Hbond substituents is 1. The first-order valence-electron chi connectivity index (χ1n) is 16.8. The highest BCUT2D eigenvalue weighted by Crippen LogP contribution is 2.45. The number of hydrogen-bond donors (Lipinski definition) is 3. The zero-order chi connectivity index (χ0) is 35.5. The Balaban J connectivity index is 1.08. The fourth-order valence-electron chi connectivity index (χ4n) is 6.61. The van der Waals surface area contributed by atoms with Crippen molar-refractivity contribution in [2.24, 2.45) is 7.05 Å². The number of halogens is 1. The number of benzene rings is 3. The molecule has 262 valence electrons. The third-order valence-electron chi connectivity index (χ3n) is 9.42. The van der Waals surface area contributed by atoms with Gasteiger partial charge in [0.1, 0.15) is 29.3 Å². The van der Waals surface area contributed by atoms with Crippen LogP contribution in [0.3, 0.4) is 0 Å². The summed E-state index contributed by atoms with van der Waals surface area (Å²) in [7, 11) is 1.77. The Labute approximate surface area is 300 Å². The number of aromatic hydroxyl groups is 1. The van der Waals surface area contributed by atoms with E-state index in [1.54, 1.807) is 76.3 Å². The molecule has 3 aliphatic rings. The summed E-state index contributed by atoms with van der Waals surface area (Å²) in [6.07, 6.45) is 3.82. The van der Waals surface area contributed by atoms with Crippen LogP contribution in [0.25, 0.3) is 11.3 Å². The van der Waals surface area contributed by atoms with Gasteiger partial charge in [-0.05, 0) is 67.3 Å². The van der Waals surface area contributed by atoms with Gasteiger partial charge in [0.05, 0.1) is 25.4 Å². The number of amides is 4. The number of carbonyl (C=O) groups is 3. The number of hydrogen-bond acceptors (Lipinski definition) is 7. The van der Waals surface area contributed by atoms with Gasteiger partial charge in [-0.1, -0.05) is 53.8 Å². The van der Waals surface area contributed by atoms with Gasteiger partial charge in [0, 0.05) is 48.2 Å². The van der Waals surface area contributed by atoms with Gasteiger partial charge in [-0.25, -0.2) is 4.79 Å². The van der Waals surface area contributed by atoms with Crippen LogP contribution in [0.5, 0.6) is 5.75 Å². The van der Waals surface area contributed by atoms with Crippen LogP contribution < -0.4 is 10.6 Å². The first-order valence-corrected chi connectivity index (χ1v) is 17.2. The molecule has 3 heterocycles. The van der Waals surface area contributed by atoms with Crippen molar-refractivity contribution in [2.75, 3.05) is 38.2 Å². The first kappa shape index (κ1) is 34.1. The molecule has 51 heavy (non-hydrogen) atoms. The molecule has 3 fully saturated rings. The van der Waals surface area contributed by atoms with E-state index in [1.165, 1.54) is 6.07 Å². The van der Waals surface area contributed by atoms with Crippen LogP contribution in [0, 0.1) is 11.8 Å². The Morgan fingerprint density at radius 2 is 1.76 bits per heavy atom. The lowest BCUT2D eigenvalue weighted by atomic mass is 9.85. The summed E-state index contributed by atoms with van der Waals surface area (Å²) in [5.74, 6) is 5.51. The van der Waals surface area contributed by atoms with Crippen LogP contribution in [0.2, 0.25) is 5.02 Å². The van der Waals surface area contributed by atoms with E-state index in [0.717, 1.165) is 6.42 Å². The molecular formula is C38H37ClN6O6. The van der Waals surface area contributed by atoms with Crippen molar-refractivity contribution >= 4 is 35.1 Å². The predicted octanol–water partition coefficient (Wildman–Crippen LogP) is 4.68. The van der Waals surface area contributed by atoms with E-state index < -0.39 is 29.6 Å². The van der Waals surface area contributed by atoms with Crippen LogP contribution >= 0.6 is 11.6 Å². The normalized spacial score (nSPS) is 18.4. The second-order valence-corrected chi connectivity index (χ2v) is 13.2. The number of urea groups is 1. The van der Waals surface area contributed by atoms with E-state index in [0.29, 0.717) is 77.8 Å². The van der Waals surface area contributed by atoms with Crippen molar-refractivity contribution in [1.82, 2.24) is 24.9 Å². The first-order chi connectivity index (χ1) is 24.7. The molecule has 1 saturated carbocycles. The molecule has 3 aromatic carbocycles. The Bertz CT molecular complexity index is 2000. The Kier molecular flexibility index (Phi) is 9.69. The fourth-order valence-corrected chi connectivity index (χ4v) is 6.78. The second kappa shape index (κ2) is 14.5. The number of aryl methyl sites for hydroxylation is 1. The summed E-state index contributed by atoms with van der Waals surface area (Å²) in [6.45, 7) is 1.74. The molecule has 0 radical (unpaired) electrons. The van der Waals surface area contributed by atoms with Crippen molar-refractivity contribution in [1.29, 1.82) is 0 Å². The molecule has 4 amide bonds. The van der Waals surface area contributed by atoms with Gasteiger partial charge in [0.2, 0.25) is 5.91 Å². The lowest BCUT2D eigenvalue weighted by Gasteiger charge is -2.46. The topological polar surface area (TPSA) is 138 Å². The minimum atomic E-state index is -1.02. The molecule has 3 N–H and O–H groups in total. The van der Waals surface area contributed by atoms with Gasteiger partial charge < -0.3 is 30.1 Å². The van der Waals surface area contributed by atoms with Crippen molar-refractivity contribution in [2.45, 2.75) is 37.1 Å². The molecule has 1 spiro atoms. The number of morpholine rings is 1.